The molecule has 2 aromatic rings. The van der Waals surface area contributed by atoms with Crippen molar-refractivity contribution in [3.63, 3.8) is 0 Å². The molecule has 0 unspecified atom stereocenters. The molecule has 110 valence electrons. The van der Waals surface area contributed by atoms with Gasteiger partial charge < -0.3 is 10.0 Å². The van der Waals surface area contributed by atoms with Crippen LogP contribution in [0.5, 0.6) is 0 Å². The molecular formula is C15H13Cl2NO2S. The van der Waals surface area contributed by atoms with E-state index in [0.29, 0.717) is 0 Å². The Balaban J connectivity index is 2.28. The average Bonchev–Trinajstić information content (AvgIpc) is 2.64. The Morgan fingerprint density at radius 1 is 1.43 bits per heavy atom. The first-order chi connectivity index (χ1) is 9.97. The smallest absolute Gasteiger partial charge is 0.347 e. The molecule has 1 aromatic carbocycles. The number of hydrogen-bond donors (Lipinski definition) is 1. The van der Waals surface area contributed by atoms with Gasteiger partial charge in [-0.1, -0.05) is 23.2 Å². The fourth-order valence-electron chi connectivity index (χ4n) is 2.67. The van der Waals surface area contributed by atoms with Gasteiger partial charge in [-0.3, -0.25) is 0 Å². The Labute approximate surface area is 136 Å². The molecule has 1 aliphatic heterocycles. The van der Waals surface area contributed by atoms with Gasteiger partial charge in [0.2, 0.25) is 0 Å². The predicted molar refractivity (Wildman–Crippen MR) is 88.3 cm³/mol. The largest absolute Gasteiger partial charge is 0.477 e. The van der Waals surface area contributed by atoms with E-state index in [0.717, 1.165) is 50.6 Å². The molecule has 1 aromatic heterocycles. The van der Waals surface area contributed by atoms with Crippen LogP contribution in [0.25, 0.3) is 16.2 Å². The third kappa shape index (κ3) is 2.69. The van der Waals surface area contributed by atoms with E-state index in [-0.39, 0.29) is 5.03 Å². The zero-order valence-electron chi connectivity index (χ0n) is 11.3. The zero-order chi connectivity index (χ0) is 15.1. The van der Waals surface area contributed by atoms with Crippen molar-refractivity contribution in [2.75, 3.05) is 13.6 Å². The Morgan fingerprint density at radius 2 is 2.19 bits per heavy atom. The van der Waals surface area contributed by atoms with E-state index in [2.05, 4.69) is 11.9 Å². The van der Waals surface area contributed by atoms with Crippen LogP contribution in [0, 0.1) is 0 Å². The van der Waals surface area contributed by atoms with Gasteiger partial charge in [-0.15, -0.1) is 11.3 Å². The summed E-state index contributed by atoms with van der Waals surface area (Å²) in [5.74, 6) is -1.11. The molecule has 0 spiro atoms. The standard InChI is InChI=1S/C15H13Cl2NO2S/c1-18-5-4-8-10(16)2-3-12-14(8)9(7-18)13(21-12)6-11(17)15(19)20/h2-3,6H,4-5,7H2,1H3,(H,19,20)/b11-6+. The highest BCUT2D eigenvalue weighted by molar-refractivity contribution is 7.20. The number of carboxylic acids is 1. The Bertz CT molecular complexity index is 767. The lowest BCUT2D eigenvalue weighted by Gasteiger charge is -2.13. The SMILES string of the molecule is CN1CCc2c(Cl)ccc3sc(/C=C(/Cl)C(=O)O)c(c23)C1. The number of likely N-dealkylation sites (N-methyl/N-ethyl adjacent to an activating group) is 1. The molecule has 0 saturated carbocycles. The molecule has 6 heteroatoms. The molecular weight excluding hydrogens is 329 g/mol. The van der Waals surface area contributed by atoms with Crippen LogP contribution in [0.4, 0.5) is 0 Å². The number of halogens is 2. The van der Waals surface area contributed by atoms with E-state index in [4.69, 9.17) is 28.3 Å². The van der Waals surface area contributed by atoms with Gasteiger partial charge in [0, 0.05) is 33.1 Å². The summed E-state index contributed by atoms with van der Waals surface area (Å²) in [5, 5.41) is 10.7. The highest BCUT2D eigenvalue weighted by atomic mass is 35.5. The molecule has 0 saturated heterocycles. The second kappa shape index (κ2) is 5.61. The van der Waals surface area contributed by atoms with Gasteiger partial charge in [-0.25, -0.2) is 4.79 Å². The van der Waals surface area contributed by atoms with E-state index in [9.17, 15) is 4.79 Å². The van der Waals surface area contributed by atoms with Crippen LogP contribution >= 0.6 is 34.5 Å². The molecule has 21 heavy (non-hydrogen) atoms. The molecule has 0 amide bonds. The van der Waals surface area contributed by atoms with E-state index in [1.807, 2.05) is 12.1 Å². The summed E-state index contributed by atoms with van der Waals surface area (Å²) in [6.45, 7) is 1.69. The van der Waals surface area contributed by atoms with Crippen LogP contribution in [0.15, 0.2) is 17.2 Å². The number of hydrogen-bond acceptors (Lipinski definition) is 3. The summed E-state index contributed by atoms with van der Waals surface area (Å²) in [4.78, 5) is 14.1. The van der Waals surface area contributed by atoms with E-state index in [1.165, 1.54) is 0 Å². The Kier molecular flexibility index (Phi) is 3.97. The van der Waals surface area contributed by atoms with Crippen molar-refractivity contribution in [1.29, 1.82) is 0 Å². The Morgan fingerprint density at radius 3 is 2.90 bits per heavy atom. The van der Waals surface area contributed by atoms with Crippen molar-refractivity contribution < 1.29 is 9.90 Å². The zero-order valence-corrected chi connectivity index (χ0v) is 13.6. The number of carboxylic acid groups (broad SMARTS) is 1. The summed E-state index contributed by atoms with van der Waals surface area (Å²) < 4.78 is 1.13. The molecule has 0 atom stereocenters. The van der Waals surface area contributed by atoms with Gasteiger partial charge in [0.05, 0.1) is 0 Å². The third-order valence-corrected chi connectivity index (χ3v) is 5.44. The number of nitrogens with zero attached hydrogens (tertiary/aromatic N) is 1. The van der Waals surface area contributed by atoms with Crippen molar-refractivity contribution >= 4 is 56.7 Å². The molecule has 0 bridgehead atoms. The maximum atomic E-state index is 11.0. The minimum absolute atomic E-state index is 0.169. The molecule has 1 N–H and O–H groups in total. The van der Waals surface area contributed by atoms with Crippen LogP contribution in [0.1, 0.15) is 16.0 Å². The number of carbonyl (C=O) groups is 1. The lowest BCUT2D eigenvalue weighted by Crippen LogP contribution is -2.18. The van der Waals surface area contributed by atoms with Crippen molar-refractivity contribution in [3.05, 3.63) is 38.2 Å². The number of rotatable bonds is 2. The van der Waals surface area contributed by atoms with E-state index in [1.54, 1.807) is 17.4 Å². The summed E-state index contributed by atoms with van der Waals surface area (Å²) >= 11 is 13.7. The highest BCUT2D eigenvalue weighted by Gasteiger charge is 2.21. The fraction of sp³-hybridized carbons (Fsp3) is 0.267. The maximum absolute atomic E-state index is 11.0. The van der Waals surface area contributed by atoms with Gasteiger partial charge in [0.25, 0.3) is 0 Å². The van der Waals surface area contributed by atoms with Crippen LogP contribution in [-0.4, -0.2) is 29.6 Å². The quantitative estimate of drug-likeness (QED) is 0.832. The number of benzene rings is 1. The topological polar surface area (TPSA) is 40.5 Å². The van der Waals surface area contributed by atoms with E-state index < -0.39 is 5.97 Å². The summed E-state index contributed by atoms with van der Waals surface area (Å²) in [7, 11) is 2.05. The molecule has 2 heterocycles. The molecule has 0 radical (unpaired) electrons. The predicted octanol–water partition coefficient (Wildman–Crippen LogP) is 4.21. The minimum Gasteiger partial charge on any atom is -0.477 e. The minimum atomic E-state index is -1.11. The molecule has 3 rings (SSSR count). The third-order valence-electron chi connectivity index (χ3n) is 3.67. The average molecular weight is 342 g/mol. The summed E-state index contributed by atoms with van der Waals surface area (Å²) in [6, 6.07) is 3.91. The van der Waals surface area contributed by atoms with Crippen LogP contribution < -0.4 is 0 Å². The first-order valence-corrected chi connectivity index (χ1v) is 8.06. The first-order valence-electron chi connectivity index (χ1n) is 6.49. The fourth-order valence-corrected chi connectivity index (χ4v) is 4.28. The molecule has 3 nitrogen and oxygen atoms in total. The van der Waals surface area contributed by atoms with Crippen LogP contribution in [-0.2, 0) is 17.8 Å². The highest BCUT2D eigenvalue weighted by Crippen LogP contribution is 2.40. The van der Waals surface area contributed by atoms with Crippen LogP contribution in [0.2, 0.25) is 5.02 Å². The first kappa shape index (κ1) is 14.9. The molecule has 1 aliphatic rings. The van der Waals surface area contributed by atoms with Gasteiger partial charge >= 0.3 is 5.97 Å². The second-order valence-corrected chi connectivity index (χ2v) is 7.03. The van der Waals surface area contributed by atoms with Crippen LogP contribution in [0.3, 0.4) is 0 Å². The van der Waals surface area contributed by atoms with E-state index >= 15 is 0 Å². The van der Waals surface area contributed by atoms with Gasteiger partial charge in [-0.2, -0.15) is 0 Å². The van der Waals surface area contributed by atoms with Gasteiger partial charge in [-0.05, 0) is 42.8 Å². The number of thiophene rings is 1. The summed E-state index contributed by atoms with van der Waals surface area (Å²) in [5.41, 5.74) is 2.27. The van der Waals surface area contributed by atoms with Crippen molar-refractivity contribution in [2.45, 2.75) is 13.0 Å². The lowest BCUT2D eigenvalue weighted by molar-refractivity contribution is -0.131. The number of aliphatic carboxylic acids is 1. The van der Waals surface area contributed by atoms with Crippen molar-refractivity contribution in [1.82, 2.24) is 4.90 Å². The van der Waals surface area contributed by atoms with Gasteiger partial charge in [0.15, 0.2) is 0 Å². The second-order valence-electron chi connectivity index (χ2n) is 5.13. The monoisotopic (exact) mass is 341 g/mol. The maximum Gasteiger partial charge on any atom is 0.347 e. The van der Waals surface area contributed by atoms with Crippen molar-refractivity contribution in [3.8, 4) is 0 Å². The summed E-state index contributed by atoms with van der Waals surface area (Å²) in [6.07, 6.45) is 2.44. The normalized spacial score (nSPS) is 16.2. The lowest BCUT2D eigenvalue weighted by atomic mass is 10.0. The Hall–Kier alpha value is -1.07. The van der Waals surface area contributed by atoms with Crippen molar-refractivity contribution in [2.24, 2.45) is 0 Å². The molecule has 0 aliphatic carbocycles. The molecule has 0 fully saturated rings. The van der Waals surface area contributed by atoms with Gasteiger partial charge in [0.1, 0.15) is 5.03 Å².